The summed E-state index contributed by atoms with van der Waals surface area (Å²) in [4.78, 5) is 16.4. The molecule has 1 aliphatic rings. The average Bonchev–Trinajstić information content (AvgIpc) is 3.10. The van der Waals surface area contributed by atoms with Gasteiger partial charge in [-0.2, -0.15) is 5.10 Å². The Morgan fingerprint density at radius 3 is 2.83 bits per heavy atom. The number of carbonyl (C=O) groups is 1. The molecule has 0 spiro atoms. The third kappa shape index (κ3) is 4.00. The van der Waals surface area contributed by atoms with Crippen LogP contribution < -0.4 is 5.43 Å². The zero-order valence-electron chi connectivity index (χ0n) is 14.1. The fourth-order valence-electron chi connectivity index (χ4n) is 2.84. The monoisotopic (exact) mass is 343 g/mol. The van der Waals surface area contributed by atoms with E-state index in [0.717, 1.165) is 28.5 Å². The van der Waals surface area contributed by atoms with E-state index in [1.807, 2.05) is 56.5 Å². The minimum Gasteiger partial charge on any atom is -0.459 e. The number of anilines is 1. The van der Waals surface area contributed by atoms with Crippen molar-refractivity contribution in [2.75, 3.05) is 5.43 Å². The van der Waals surface area contributed by atoms with Gasteiger partial charge in [0.2, 0.25) is 5.13 Å². The molecule has 0 aliphatic carbocycles. The first-order valence-corrected chi connectivity index (χ1v) is 8.84. The third-order valence-electron chi connectivity index (χ3n) is 3.91. The number of thiazole rings is 1. The molecular weight excluding hydrogens is 322 g/mol. The molecule has 1 aromatic heterocycles. The number of ether oxygens (including phenoxy) is 1. The van der Waals surface area contributed by atoms with Crippen LogP contribution in [-0.2, 0) is 9.53 Å². The number of aromatic nitrogens is 1. The van der Waals surface area contributed by atoms with Crippen molar-refractivity contribution >= 4 is 28.1 Å². The molecule has 0 amide bonds. The fourth-order valence-corrected chi connectivity index (χ4v) is 3.50. The molecule has 3 rings (SSSR count). The lowest BCUT2D eigenvalue weighted by Crippen LogP contribution is -2.17. The molecule has 1 aromatic carbocycles. The number of rotatable bonds is 5. The van der Waals surface area contributed by atoms with Crippen molar-refractivity contribution in [3.8, 4) is 11.3 Å². The largest absolute Gasteiger partial charge is 0.459 e. The van der Waals surface area contributed by atoms with Crippen molar-refractivity contribution in [1.82, 2.24) is 4.98 Å². The molecule has 2 heterocycles. The van der Waals surface area contributed by atoms with Gasteiger partial charge in [-0.15, -0.1) is 11.3 Å². The van der Waals surface area contributed by atoms with E-state index in [1.165, 1.54) is 11.3 Å². The third-order valence-corrected chi connectivity index (χ3v) is 4.65. The van der Waals surface area contributed by atoms with Crippen molar-refractivity contribution in [3.63, 3.8) is 0 Å². The number of nitrogens with one attached hydrogen (secondary N) is 1. The lowest BCUT2D eigenvalue weighted by molar-refractivity contribution is -0.148. The van der Waals surface area contributed by atoms with Crippen LogP contribution in [0.2, 0.25) is 0 Å². The summed E-state index contributed by atoms with van der Waals surface area (Å²) in [5.74, 6) is -0.239. The fraction of sp³-hybridized carbons (Fsp3) is 0.389. The number of hydrazone groups is 1. The quantitative estimate of drug-likeness (QED) is 0.498. The summed E-state index contributed by atoms with van der Waals surface area (Å²) < 4.78 is 5.35. The van der Waals surface area contributed by atoms with Crippen LogP contribution >= 0.6 is 11.3 Å². The van der Waals surface area contributed by atoms with E-state index >= 15 is 0 Å². The zero-order valence-corrected chi connectivity index (χ0v) is 14.9. The number of cyclic esters (lactones) is 1. The van der Waals surface area contributed by atoms with Crippen molar-refractivity contribution in [2.24, 2.45) is 11.0 Å². The number of carbonyl (C=O) groups excluding carboxylic acids is 1. The molecule has 0 radical (unpaired) electrons. The van der Waals surface area contributed by atoms with Gasteiger partial charge in [-0.05, 0) is 20.8 Å². The number of benzene rings is 1. The summed E-state index contributed by atoms with van der Waals surface area (Å²) >= 11 is 1.51. The highest BCUT2D eigenvalue weighted by atomic mass is 32.1. The maximum absolute atomic E-state index is 11.9. The van der Waals surface area contributed by atoms with Crippen LogP contribution in [0.25, 0.3) is 11.3 Å². The van der Waals surface area contributed by atoms with E-state index in [-0.39, 0.29) is 17.5 Å². The highest BCUT2D eigenvalue weighted by Gasteiger charge is 2.39. The molecule has 6 heteroatoms. The van der Waals surface area contributed by atoms with Gasteiger partial charge in [-0.3, -0.25) is 10.2 Å². The van der Waals surface area contributed by atoms with Gasteiger partial charge in [0.1, 0.15) is 5.60 Å². The molecule has 0 bridgehead atoms. The van der Waals surface area contributed by atoms with E-state index < -0.39 is 0 Å². The van der Waals surface area contributed by atoms with Crippen molar-refractivity contribution in [1.29, 1.82) is 0 Å². The number of nitrogens with zero attached hydrogens (tertiary/aromatic N) is 2. The van der Waals surface area contributed by atoms with E-state index in [1.54, 1.807) is 0 Å². The van der Waals surface area contributed by atoms with Crippen LogP contribution in [0.5, 0.6) is 0 Å². The number of esters is 1. The zero-order chi connectivity index (χ0) is 17.2. The Morgan fingerprint density at radius 1 is 1.42 bits per heavy atom. The average molecular weight is 343 g/mol. The Kier molecular flexibility index (Phi) is 4.66. The first kappa shape index (κ1) is 16.6. The van der Waals surface area contributed by atoms with Gasteiger partial charge in [0, 0.05) is 29.5 Å². The van der Waals surface area contributed by atoms with Crippen LogP contribution in [-0.4, -0.2) is 22.3 Å². The summed E-state index contributed by atoms with van der Waals surface area (Å²) in [6.07, 6.45) is 1.33. The Hall–Kier alpha value is -2.21. The standard InChI is InChI=1S/C18H21N3O2S/c1-12(9-14-10-18(2,3)23-16(14)22)20-21-17-19-15(11-24-17)13-7-5-4-6-8-13/h4-8,11,14H,9-10H2,1-3H3,(H,19,21)/b20-12+. The van der Waals surface area contributed by atoms with E-state index in [0.29, 0.717) is 6.42 Å². The van der Waals surface area contributed by atoms with E-state index in [4.69, 9.17) is 4.74 Å². The molecule has 1 fully saturated rings. The van der Waals surface area contributed by atoms with Crippen molar-refractivity contribution < 1.29 is 9.53 Å². The van der Waals surface area contributed by atoms with Gasteiger partial charge in [0.05, 0.1) is 11.6 Å². The lowest BCUT2D eigenvalue weighted by atomic mass is 9.93. The summed E-state index contributed by atoms with van der Waals surface area (Å²) in [6, 6.07) is 10.0. The Balaban J connectivity index is 1.60. The maximum atomic E-state index is 11.9. The molecule has 1 N–H and O–H groups in total. The van der Waals surface area contributed by atoms with Gasteiger partial charge in [0.15, 0.2) is 0 Å². The summed E-state index contributed by atoms with van der Waals surface area (Å²) in [5.41, 5.74) is 5.50. The molecule has 2 aromatic rings. The topological polar surface area (TPSA) is 63.6 Å². The minimum absolute atomic E-state index is 0.110. The highest BCUT2D eigenvalue weighted by molar-refractivity contribution is 7.14. The van der Waals surface area contributed by atoms with Crippen LogP contribution in [0.3, 0.4) is 0 Å². The normalized spacial score (nSPS) is 20.0. The maximum Gasteiger partial charge on any atom is 0.310 e. The van der Waals surface area contributed by atoms with Gasteiger partial charge in [-0.1, -0.05) is 30.3 Å². The predicted molar refractivity (Wildman–Crippen MR) is 97.2 cm³/mol. The predicted octanol–water partition coefficient (Wildman–Crippen LogP) is 4.33. The van der Waals surface area contributed by atoms with E-state index in [9.17, 15) is 4.79 Å². The highest BCUT2D eigenvalue weighted by Crippen LogP contribution is 2.32. The molecule has 0 saturated carbocycles. The molecule has 24 heavy (non-hydrogen) atoms. The summed E-state index contributed by atoms with van der Waals surface area (Å²) in [6.45, 7) is 5.80. The first-order valence-electron chi connectivity index (χ1n) is 7.96. The molecular formula is C18H21N3O2S. The molecule has 1 atom stereocenters. The molecule has 5 nitrogen and oxygen atoms in total. The van der Waals surface area contributed by atoms with Gasteiger partial charge in [-0.25, -0.2) is 4.98 Å². The van der Waals surface area contributed by atoms with Gasteiger partial charge < -0.3 is 4.74 Å². The second-order valence-corrected chi connectivity index (χ2v) is 7.51. The Labute approximate surface area is 145 Å². The summed E-state index contributed by atoms with van der Waals surface area (Å²) in [5, 5.41) is 7.09. The molecule has 1 aliphatic heterocycles. The SMILES string of the molecule is C/C(CC1CC(C)(C)OC1=O)=N\Nc1nc(-c2ccccc2)cs1. The van der Waals surface area contributed by atoms with E-state index in [2.05, 4.69) is 15.5 Å². The second kappa shape index (κ2) is 6.73. The Bertz CT molecular complexity index is 753. The second-order valence-electron chi connectivity index (χ2n) is 6.65. The number of hydrogen-bond acceptors (Lipinski definition) is 6. The van der Waals surface area contributed by atoms with Crippen LogP contribution in [0.4, 0.5) is 5.13 Å². The molecule has 126 valence electrons. The van der Waals surface area contributed by atoms with Crippen LogP contribution in [0, 0.1) is 5.92 Å². The smallest absolute Gasteiger partial charge is 0.310 e. The molecule has 1 unspecified atom stereocenters. The van der Waals surface area contributed by atoms with Gasteiger partial charge >= 0.3 is 5.97 Å². The van der Waals surface area contributed by atoms with Crippen molar-refractivity contribution in [3.05, 3.63) is 35.7 Å². The van der Waals surface area contributed by atoms with Crippen LogP contribution in [0.1, 0.15) is 33.6 Å². The van der Waals surface area contributed by atoms with Crippen molar-refractivity contribution in [2.45, 2.75) is 39.2 Å². The minimum atomic E-state index is -0.366. The Morgan fingerprint density at radius 2 is 2.17 bits per heavy atom. The van der Waals surface area contributed by atoms with Gasteiger partial charge in [0.25, 0.3) is 0 Å². The number of hydrogen-bond donors (Lipinski definition) is 1. The lowest BCUT2D eigenvalue weighted by Gasteiger charge is -2.14. The summed E-state index contributed by atoms with van der Waals surface area (Å²) in [7, 11) is 0. The molecule has 1 saturated heterocycles. The van der Waals surface area contributed by atoms with Crippen LogP contribution in [0.15, 0.2) is 40.8 Å². The first-order chi connectivity index (χ1) is 11.4.